The van der Waals surface area contributed by atoms with Crippen LogP contribution in [0.2, 0.25) is 0 Å². The summed E-state index contributed by atoms with van der Waals surface area (Å²) in [6.45, 7) is 0. The van der Waals surface area contributed by atoms with Crippen molar-refractivity contribution in [3.8, 4) is 0 Å². The zero-order valence-corrected chi connectivity index (χ0v) is 2.72. The van der Waals surface area contributed by atoms with E-state index >= 15 is 0 Å². The van der Waals surface area contributed by atoms with Crippen molar-refractivity contribution >= 4 is 73.6 Å². The second kappa shape index (κ2) is 34.7. The molecule has 0 aliphatic rings. The van der Waals surface area contributed by atoms with Crippen LogP contribution in [0.1, 0.15) is 0 Å². The Morgan fingerprint density at radius 1 is 1.20 bits per heavy atom. The van der Waals surface area contributed by atoms with Crippen LogP contribution < -0.4 is 0 Å². The molecule has 0 aromatic rings. The van der Waals surface area contributed by atoms with Gasteiger partial charge in [-0.05, 0) is 8.02 Å². The molecular weight excluding hydrogens is 170 g/mol. The molecule has 0 heterocycles. The topological polar surface area (TPSA) is 0 Å². The van der Waals surface area contributed by atoms with Crippen molar-refractivity contribution in [2.45, 2.75) is 0 Å². The molecule has 0 amide bonds. The Bertz CT molecular complexity index is 11.6. The predicted octanol–water partition coefficient (Wildman–Crippen LogP) is -2.69. The van der Waals surface area contributed by atoms with Gasteiger partial charge in [0, 0.05) is 0 Å². The Hall–Kier alpha value is 2.19. The normalized spacial score (nSPS) is 0.800. The third-order valence-electron chi connectivity index (χ3n) is 0. The van der Waals surface area contributed by atoms with E-state index < -0.39 is 0 Å². The SMILES string of the molecule is P=S.[AlH3].[GeH4].[LiH]. The van der Waals surface area contributed by atoms with Gasteiger partial charge in [0.1, 0.15) is 0 Å². The molecule has 28 valence electrons. The number of rotatable bonds is 0. The average Bonchev–Trinajstić information content (AvgIpc) is 1.00. The molecule has 0 atom stereocenters. The van der Waals surface area contributed by atoms with E-state index in [4.69, 9.17) is 0 Å². The van der Waals surface area contributed by atoms with Gasteiger partial charge in [0.25, 0.3) is 0 Å². The molecule has 0 fully saturated rings. The van der Waals surface area contributed by atoms with Crippen LogP contribution in [0.4, 0.5) is 0 Å². The van der Waals surface area contributed by atoms with Gasteiger partial charge in [-0.15, -0.1) is 0 Å². The third-order valence-corrected chi connectivity index (χ3v) is 0. The van der Waals surface area contributed by atoms with Gasteiger partial charge in [-0.3, -0.25) is 0 Å². The molecule has 0 aliphatic heterocycles. The van der Waals surface area contributed by atoms with Gasteiger partial charge >= 0.3 is 36.5 Å². The van der Waals surface area contributed by atoms with E-state index in [1.807, 2.05) is 0 Å². The monoisotopic (exact) mass is 180 g/mol. The van der Waals surface area contributed by atoms with E-state index in [0.29, 0.717) is 0 Å². The van der Waals surface area contributed by atoms with E-state index in [9.17, 15) is 0 Å². The van der Waals surface area contributed by atoms with E-state index in [1.165, 1.54) is 0 Å². The van der Waals surface area contributed by atoms with Crippen LogP contribution in [0.15, 0.2) is 0 Å². The first-order chi connectivity index (χ1) is 1.00. The Labute approximate surface area is 73.0 Å². The van der Waals surface area contributed by atoms with Crippen LogP contribution in [0.5, 0.6) is 0 Å². The molecular formula is H9AlGeLiPS. The molecule has 0 unspecified atom stereocenters. The van der Waals surface area contributed by atoms with Crippen molar-refractivity contribution in [1.82, 2.24) is 0 Å². The van der Waals surface area contributed by atoms with Crippen LogP contribution in [0, 0.1) is 0 Å². The molecule has 0 saturated carbocycles. The van der Waals surface area contributed by atoms with Gasteiger partial charge in [0.05, 0.1) is 0 Å². The van der Waals surface area contributed by atoms with Crippen molar-refractivity contribution < 1.29 is 0 Å². The Morgan fingerprint density at radius 3 is 1.20 bits per heavy atom. The summed E-state index contributed by atoms with van der Waals surface area (Å²) < 4.78 is 0. The first-order valence-corrected chi connectivity index (χ1v) is 1.84. The summed E-state index contributed by atoms with van der Waals surface area (Å²) in [5.41, 5.74) is 0. The molecule has 0 N–H and O–H groups in total. The van der Waals surface area contributed by atoms with Gasteiger partial charge in [0.2, 0.25) is 0 Å². The zero-order chi connectivity index (χ0) is 2.00. The van der Waals surface area contributed by atoms with E-state index in [0.717, 1.165) is 0 Å². The van der Waals surface area contributed by atoms with Crippen LogP contribution >= 0.6 is 8.02 Å². The minimum absolute atomic E-state index is 0. The summed E-state index contributed by atoms with van der Waals surface area (Å²) in [7, 11) is 2.56. The molecule has 5 heavy (non-hydrogen) atoms. The second-order valence-electron chi connectivity index (χ2n) is 0. The summed E-state index contributed by atoms with van der Waals surface area (Å²) in [5.74, 6) is 0. The van der Waals surface area contributed by atoms with Crippen LogP contribution in [0.3, 0.4) is 0 Å². The molecule has 0 nitrogen and oxygen atoms in total. The zero-order valence-electron chi connectivity index (χ0n) is 0.908. The van der Waals surface area contributed by atoms with Crippen LogP contribution in [-0.2, 0) is 11.8 Å². The minimum atomic E-state index is 0. The third kappa shape index (κ3) is 22.6. The van der Waals surface area contributed by atoms with Gasteiger partial charge in [-0.25, -0.2) is 0 Å². The van der Waals surface area contributed by atoms with Gasteiger partial charge in [0.15, 0.2) is 17.4 Å². The fourth-order valence-electron chi connectivity index (χ4n) is 0. The van der Waals surface area contributed by atoms with Crippen molar-refractivity contribution in [3.05, 3.63) is 0 Å². The molecule has 0 saturated heterocycles. The van der Waals surface area contributed by atoms with Crippen molar-refractivity contribution in [2.24, 2.45) is 0 Å². The summed E-state index contributed by atoms with van der Waals surface area (Å²) in [4.78, 5) is 0. The Balaban J connectivity index is -0.00000000167. The molecule has 0 aromatic heterocycles. The maximum atomic E-state index is 3.89. The molecule has 0 spiro atoms. The molecule has 5 heteroatoms. The Kier molecular flexibility index (Phi) is 188. The summed E-state index contributed by atoms with van der Waals surface area (Å²) >= 11 is 3.89. The van der Waals surface area contributed by atoms with E-state index in [1.54, 1.807) is 0 Å². The quantitative estimate of drug-likeness (QED) is 0.288. The summed E-state index contributed by atoms with van der Waals surface area (Å²) in [5, 5.41) is 0. The standard InChI is InChI=1S/Al.GeH4.Li.HPS.4H/c;;;1-2;;;;/h;1H4;;1H;;;;. The Morgan fingerprint density at radius 2 is 1.20 bits per heavy atom. The van der Waals surface area contributed by atoms with Gasteiger partial charge in [-0.2, -0.15) is 0 Å². The van der Waals surface area contributed by atoms with Crippen LogP contribution in [-0.4, -0.2) is 53.8 Å². The molecule has 0 aliphatic carbocycles. The average molecular weight is 179 g/mol. The summed E-state index contributed by atoms with van der Waals surface area (Å²) in [6, 6.07) is 0. The van der Waals surface area contributed by atoms with Crippen LogP contribution in [0.25, 0.3) is 0 Å². The first kappa shape index (κ1) is 27.1. The first-order valence-electron chi connectivity index (χ1n) is 0.204. The van der Waals surface area contributed by atoms with Gasteiger partial charge in [-0.1, -0.05) is 11.8 Å². The van der Waals surface area contributed by atoms with Gasteiger partial charge < -0.3 is 0 Å². The maximum absolute atomic E-state index is 3.89. The predicted molar refractivity (Wildman–Crippen MR) is 44.1 cm³/mol. The fourth-order valence-corrected chi connectivity index (χ4v) is 0. The molecule has 0 bridgehead atoms. The number of hydrogen-bond acceptors (Lipinski definition) is 1. The summed E-state index contributed by atoms with van der Waals surface area (Å²) in [6.07, 6.45) is 0. The van der Waals surface area contributed by atoms with Crippen molar-refractivity contribution in [2.75, 3.05) is 0 Å². The molecule has 0 aromatic carbocycles. The van der Waals surface area contributed by atoms with E-state index in [-0.39, 0.29) is 53.8 Å². The van der Waals surface area contributed by atoms with E-state index in [2.05, 4.69) is 19.8 Å². The van der Waals surface area contributed by atoms with Crippen molar-refractivity contribution in [1.29, 1.82) is 0 Å². The molecule has 0 rings (SSSR count). The van der Waals surface area contributed by atoms with Crippen molar-refractivity contribution in [3.63, 3.8) is 0 Å². The number of hydrogen-bond donors (Lipinski definition) is 0. The second-order valence-corrected chi connectivity index (χ2v) is 0. The fraction of sp³-hybridized carbons (Fsp3) is 0. The molecule has 0 radical (unpaired) electrons.